The van der Waals surface area contributed by atoms with Crippen LogP contribution in [0.3, 0.4) is 0 Å². The average molecular weight is 326 g/mol. The lowest BCUT2D eigenvalue weighted by Gasteiger charge is -2.07. The average Bonchev–Trinajstić information content (AvgIpc) is 2.83. The van der Waals surface area contributed by atoms with Gasteiger partial charge in [0.25, 0.3) is 5.89 Å². The van der Waals surface area contributed by atoms with Crippen molar-refractivity contribution in [2.45, 2.75) is 25.8 Å². The summed E-state index contributed by atoms with van der Waals surface area (Å²) < 4.78 is 16.6. The van der Waals surface area contributed by atoms with Crippen LogP contribution in [0.5, 0.6) is 11.5 Å². The molecule has 1 aromatic carbocycles. The van der Waals surface area contributed by atoms with Crippen molar-refractivity contribution in [2.24, 2.45) is 0 Å². The minimum Gasteiger partial charge on any atom is -0.490 e. The standard InChI is InChI=1S/C15H19N3O3.ClH/c1-10(16-2)8-14-17-15(21-18-14)11-4-5-12-13(9-11)20-7-3-6-19-12;/h4-5,9-10,16H,3,6-8H2,1-2H3;1H. The molecule has 0 amide bonds. The molecule has 0 radical (unpaired) electrons. The Labute approximate surface area is 135 Å². The Kier molecular flexibility index (Phi) is 5.63. The first-order valence-electron chi connectivity index (χ1n) is 7.16. The summed E-state index contributed by atoms with van der Waals surface area (Å²) in [4.78, 5) is 4.43. The summed E-state index contributed by atoms with van der Waals surface area (Å²) in [6.07, 6.45) is 1.61. The van der Waals surface area contributed by atoms with E-state index in [1.165, 1.54) is 0 Å². The Balaban J connectivity index is 0.00000176. The van der Waals surface area contributed by atoms with Crippen LogP contribution in [-0.2, 0) is 6.42 Å². The fraction of sp³-hybridized carbons (Fsp3) is 0.467. The minimum absolute atomic E-state index is 0. The summed E-state index contributed by atoms with van der Waals surface area (Å²) in [5.74, 6) is 2.69. The predicted molar refractivity (Wildman–Crippen MR) is 84.8 cm³/mol. The molecule has 120 valence electrons. The van der Waals surface area contributed by atoms with Crippen molar-refractivity contribution < 1.29 is 14.0 Å². The summed E-state index contributed by atoms with van der Waals surface area (Å²) in [7, 11) is 1.91. The van der Waals surface area contributed by atoms with Gasteiger partial charge in [0.15, 0.2) is 17.3 Å². The molecule has 3 rings (SSSR count). The van der Waals surface area contributed by atoms with Crippen molar-refractivity contribution in [1.29, 1.82) is 0 Å². The fourth-order valence-electron chi connectivity index (χ4n) is 2.13. The molecule has 1 unspecified atom stereocenters. The molecule has 0 saturated carbocycles. The maximum atomic E-state index is 5.67. The van der Waals surface area contributed by atoms with E-state index in [2.05, 4.69) is 22.4 Å². The molecule has 0 aliphatic carbocycles. The fourth-order valence-corrected chi connectivity index (χ4v) is 2.13. The lowest BCUT2D eigenvalue weighted by atomic mass is 10.2. The van der Waals surface area contributed by atoms with Gasteiger partial charge in [0.05, 0.1) is 13.2 Å². The van der Waals surface area contributed by atoms with E-state index in [0.717, 1.165) is 29.9 Å². The number of benzene rings is 1. The molecule has 1 N–H and O–H groups in total. The lowest BCUT2D eigenvalue weighted by Crippen LogP contribution is -2.24. The van der Waals surface area contributed by atoms with Crippen molar-refractivity contribution in [3.63, 3.8) is 0 Å². The van der Waals surface area contributed by atoms with Crippen LogP contribution in [0.2, 0.25) is 0 Å². The van der Waals surface area contributed by atoms with E-state index in [9.17, 15) is 0 Å². The molecule has 1 aliphatic heterocycles. The van der Waals surface area contributed by atoms with E-state index in [0.29, 0.717) is 31.0 Å². The van der Waals surface area contributed by atoms with Gasteiger partial charge in [-0.05, 0) is 32.2 Å². The molecule has 2 aromatic rings. The third-order valence-corrected chi connectivity index (χ3v) is 3.44. The Morgan fingerprint density at radius 1 is 1.23 bits per heavy atom. The van der Waals surface area contributed by atoms with Gasteiger partial charge >= 0.3 is 0 Å². The first-order valence-corrected chi connectivity index (χ1v) is 7.16. The zero-order valence-corrected chi connectivity index (χ0v) is 13.5. The molecule has 2 heterocycles. The highest BCUT2D eigenvalue weighted by Crippen LogP contribution is 2.33. The van der Waals surface area contributed by atoms with Crippen LogP contribution in [0.1, 0.15) is 19.2 Å². The molecule has 7 heteroatoms. The van der Waals surface area contributed by atoms with Gasteiger partial charge in [-0.1, -0.05) is 5.16 Å². The van der Waals surface area contributed by atoms with E-state index < -0.39 is 0 Å². The van der Waals surface area contributed by atoms with Gasteiger partial charge < -0.3 is 19.3 Å². The molecular weight excluding hydrogens is 306 g/mol. The van der Waals surface area contributed by atoms with Gasteiger partial charge in [0, 0.05) is 24.4 Å². The lowest BCUT2D eigenvalue weighted by molar-refractivity contribution is 0.297. The highest BCUT2D eigenvalue weighted by molar-refractivity contribution is 5.85. The van der Waals surface area contributed by atoms with Crippen LogP contribution in [0.25, 0.3) is 11.5 Å². The Morgan fingerprint density at radius 2 is 2.00 bits per heavy atom. The van der Waals surface area contributed by atoms with Crippen molar-refractivity contribution in [3.8, 4) is 23.0 Å². The van der Waals surface area contributed by atoms with Gasteiger partial charge in [-0.15, -0.1) is 12.4 Å². The Hall–Kier alpha value is -1.79. The van der Waals surface area contributed by atoms with Crippen molar-refractivity contribution in [1.82, 2.24) is 15.5 Å². The molecule has 0 bridgehead atoms. The summed E-state index contributed by atoms with van der Waals surface area (Å²) >= 11 is 0. The Bertz CT molecular complexity index is 618. The van der Waals surface area contributed by atoms with E-state index >= 15 is 0 Å². The topological polar surface area (TPSA) is 69.4 Å². The first-order chi connectivity index (χ1) is 10.3. The molecule has 22 heavy (non-hydrogen) atoms. The second-order valence-electron chi connectivity index (χ2n) is 5.12. The smallest absolute Gasteiger partial charge is 0.258 e. The molecule has 1 aromatic heterocycles. The second kappa shape index (κ2) is 7.47. The molecule has 1 aliphatic rings. The molecule has 6 nitrogen and oxygen atoms in total. The van der Waals surface area contributed by atoms with Crippen LogP contribution >= 0.6 is 12.4 Å². The van der Waals surface area contributed by atoms with Gasteiger partial charge in [0.1, 0.15) is 0 Å². The quantitative estimate of drug-likeness (QED) is 0.931. The van der Waals surface area contributed by atoms with Crippen LogP contribution in [0.15, 0.2) is 22.7 Å². The summed E-state index contributed by atoms with van der Waals surface area (Å²) in [6.45, 7) is 3.41. The number of ether oxygens (including phenoxy) is 2. The zero-order chi connectivity index (χ0) is 14.7. The maximum Gasteiger partial charge on any atom is 0.258 e. The van der Waals surface area contributed by atoms with E-state index in [1.54, 1.807) is 0 Å². The molecule has 0 spiro atoms. The van der Waals surface area contributed by atoms with Gasteiger partial charge in [-0.25, -0.2) is 0 Å². The van der Waals surface area contributed by atoms with Gasteiger partial charge in [0.2, 0.25) is 0 Å². The number of aromatic nitrogens is 2. The van der Waals surface area contributed by atoms with Crippen molar-refractivity contribution in [2.75, 3.05) is 20.3 Å². The summed E-state index contributed by atoms with van der Waals surface area (Å²) in [5.41, 5.74) is 0.843. The third kappa shape index (κ3) is 3.69. The summed E-state index contributed by atoms with van der Waals surface area (Å²) in [5, 5.41) is 7.17. The number of hydrogen-bond acceptors (Lipinski definition) is 6. The predicted octanol–water partition coefficient (Wildman–Crippen LogP) is 2.47. The number of halogens is 1. The number of rotatable bonds is 4. The maximum absolute atomic E-state index is 5.67. The number of nitrogens with zero attached hydrogens (tertiary/aromatic N) is 2. The first kappa shape index (κ1) is 16.6. The van der Waals surface area contributed by atoms with Crippen molar-refractivity contribution >= 4 is 12.4 Å². The second-order valence-corrected chi connectivity index (χ2v) is 5.12. The van der Waals surface area contributed by atoms with E-state index in [1.807, 2.05) is 25.2 Å². The van der Waals surface area contributed by atoms with Crippen LogP contribution in [-0.4, -0.2) is 36.4 Å². The van der Waals surface area contributed by atoms with Gasteiger partial charge in [-0.3, -0.25) is 0 Å². The van der Waals surface area contributed by atoms with Crippen LogP contribution < -0.4 is 14.8 Å². The van der Waals surface area contributed by atoms with Gasteiger partial charge in [-0.2, -0.15) is 4.98 Å². The van der Waals surface area contributed by atoms with Crippen LogP contribution in [0.4, 0.5) is 0 Å². The van der Waals surface area contributed by atoms with Crippen molar-refractivity contribution in [3.05, 3.63) is 24.0 Å². The number of nitrogens with one attached hydrogen (secondary N) is 1. The minimum atomic E-state index is 0. The number of likely N-dealkylation sites (N-methyl/N-ethyl adjacent to an activating group) is 1. The van der Waals surface area contributed by atoms with Crippen LogP contribution in [0, 0.1) is 0 Å². The normalized spacial score (nSPS) is 14.8. The summed E-state index contributed by atoms with van der Waals surface area (Å²) in [6, 6.07) is 5.99. The highest BCUT2D eigenvalue weighted by Gasteiger charge is 2.15. The molecule has 0 fully saturated rings. The monoisotopic (exact) mass is 325 g/mol. The molecule has 1 atom stereocenters. The molecular formula is C15H20ClN3O3. The third-order valence-electron chi connectivity index (χ3n) is 3.44. The highest BCUT2D eigenvalue weighted by atomic mass is 35.5. The molecule has 0 saturated heterocycles. The number of hydrogen-bond donors (Lipinski definition) is 1. The number of fused-ring (bicyclic) bond motifs is 1. The zero-order valence-electron chi connectivity index (χ0n) is 12.7. The Morgan fingerprint density at radius 3 is 2.77 bits per heavy atom. The van der Waals surface area contributed by atoms with E-state index in [-0.39, 0.29) is 12.4 Å². The largest absolute Gasteiger partial charge is 0.490 e. The SMILES string of the molecule is CNC(C)Cc1noc(-c2ccc3c(c2)OCCCO3)n1.Cl. The van der Waals surface area contributed by atoms with E-state index in [4.69, 9.17) is 14.0 Å².